The van der Waals surface area contributed by atoms with Gasteiger partial charge in [-0.3, -0.25) is 4.90 Å². The number of ether oxygens (including phenoxy) is 2. The number of nitrogens with zero attached hydrogens (tertiary/aromatic N) is 4. The Morgan fingerprint density at radius 2 is 1.79 bits per heavy atom. The topological polar surface area (TPSA) is 119 Å². The van der Waals surface area contributed by atoms with Crippen LogP contribution in [0.3, 0.4) is 0 Å². The van der Waals surface area contributed by atoms with Gasteiger partial charge in [-0.15, -0.1) is 12.4 Å². The summed E-state index contributed by atoms with van der Waals surface area (Å²) in [6.07, 6.45) is 2.17. The van der Waals surface area contributed by atoms with Gasteiger partial charge in [-0.25, -0.2) is 13.1 Å². The number of para-hydroxylation sites is 2. The van der Waals surface area contributed by atoms with Gasteiger partial charge >= 0.3 is 6.01 Å². The van der Waals surface area contributed by atoms with E-state index in [9.17, 15) is 13.6 Å². The lowest BCUT2D eigenvalue weighted by atomic mass is 10.1. The average Bonchev–Trinajstić information content (AvgIpc) is 3.26. The molecular formula is C26H32ClN5O5S. The lowest BCUT2D eigenvalue weighted by Crippen LogP contribution is -2.40. The maximum absolute atomic E-state index is 12.7. The van der Waals surface area contributed by atoms with Crippen molar-refractivity contribution in [2.45, 2.75) is 18.6 Å². The molecule has 204 valence electrons. The van der Waals surface area contributed by atoms with Crippen molar-refractivity contribution in [3.05, 3.63) is 54.7 Å². The predicted octanol–water partition coefficient (Wildman–Crippen LogP) is 3.32. The minimum absolute atomic E-state index is 0. The van der Waals surface area contributed by atoms with E-state index in [1.165, 1.54) is 0 Å². The molecule has 0 bridgehead atoms. The van der Waals surface area contributed by atoms with Crippen molar-refractivity contribution < 1.29 is 23.1 Å². The molecule has 0 saturated carbocycles. The Balaban J connectivity index is 0.00000336. The third-order valence-corrected chi connectivity index (χ3v) is 8.55. The Labute approximate surface area is 228 Å². The van der Waals surface area contributed by atoms with Gasteiger partial charge in [-0.05, 0) is 32.0 Å². The number of hydrogen-bond donors (Lipinski definition) is 2. The number of halogens is 1. The van der Waals surface area contributed by atoms with Gasteiger partial charge in [0.2, 0.25) is 10.0 Å². The largest absolute Gasteiger partial charge is 0.462 e. The van der Waals surface area contributed by atoms with Gasteiger partial charge in [-0.1, -0.05) is 36.4 Å². The molecule has 0 spiro atoms. The minimum Gasteiger partial charge on any atom is -0.462 e. The van der Waals surface area contributed by atoms with Crippen molar-refractivity contribution >= 4 is 44.2 Å². The fourth-order valence-electron chi connectivity index (χ4n) is 4.49. The van der Waals surface area contributed by atoms with E-state index in [1.54, 1.807) is 13.1 Å². The SMILES string of the molecule is CC(CCN1CCOCC1)S(=O)(=O)NCCOc1nc(-c2cn(O)c3ccccc23)c2ccccc2n1.Cl. The van der Waals surface area contributed by atoms with Crippen LogP contribution in [-0.2, 0) is 14.8 Å². The fraction of sp³-hybridized carbons (Fsp3) is 0.385. The molecule has 0 radical (unpaired) electrons. The molecule has 4 aromatic rings. The Hall–Kier alpha value is -2.96. The first kappa shape index (κ1) is 28.1. The van der Waals surface area contributed by atoms with Crippen LogP contribution in [0.15, 0.2) is 54.7 Å². The number of morpholine rings is 1. The molecule has 3 heterocycles. The number of fused-ring (bicyclic) bond motifs is 2. The molecule has 10 nitrogen and oxygen atoms in total. The Morgan fingerprint density at radius 3 is 2.58 bits per heavy atom. The van der Waals surface area contributed by atoms with Crippen LogP contribution in [0.4, 0.5) is 0 Å². The highest BCUT2D eigenvalue weighted by Crippen LogP contribution is 2.34. The molecule has 2 aromatic heterocycles. The quantitative estimate of drug-likeness (QED) is 0.224. The van der Waals surface area contributed by atoms with Crippen LogP contribution in [0.2, 0.25) is 0 Å². The molecule has 1 aliphatic heterocycles. The number of rotatable bonds is 10. The van der Waals surface area contributed by atoms with E-state index in [0.29, 0.717) is 36.4 Å². The van der Waals surface area contributed by atoms with Crippen molar-refractivity contribution in [1.29, 1.82) is 0 Å². The zero-order chi connectivity index (χ0) is 25.8. The van der Waals surface area contributed by atoms with Gasteiger partial charge in [0, 0.05) is 36.0 Å². The zero-order valence-electron chi connectivity index (χ0n) is 21.1. The van der Waals surface area contributed by atoms with E-state index in [-0.39, 0.29) is 31.6 Å². The van der Waals surface area contributed by atoms with Crippen molar-refractivity contribution in [1.82, 2.24) is 24.3 Å². The summed E-state index contributed by atoms with van der Waals surface area (Å²) in [6, 6.07) is 15.2. The summed E-state index contributed by atoms with van der Waals surface area (Å²) >= 11 is 0. The average molecular weight is 562 g/mol. The predicted molar refractivity (Wildman–Crippen MR) is 149 cm³/mol. The molecule has 38 heavy (non-hydrogen) atoms. The third-order valence-electron chi connectivity index (χ3n) is 6.65. The van der Waals surface area contributed by atoms with Gasteiger partial charge < -0.3 is 14.7 Å². The van der Waals surface area contributed by atoms with E-state index in [1.807, 2.05) is 48.5 Å². The summed E-state index contributed by atoms with van der Waals surface area (Å²) in [4.78, 5) is 11.4. The number of benzene rings is 2. The second-order valence-electron chi connectivity index (χ2n) is 9.12. The maximum Gasteiger partial charge on any atom is 0.317 e. The second-order valence-corrected chi connectivity index (χ2v) is 11.3. The molecule has 1 saturated heterocycles. The van der Waals surface area contributed by atoms with E-state index in [0.717, 1.165) is 40.7 Å². The molecule has 1 aliphatic rings. The smallest absolute Gasteiger partial charge is 0.317 e. The molecule has 1 fully saturated rings. The van der Waals surface area contributed by atoms with Crippen LogP contribution in [0.25, 0.3) is 33.1 Å². The number of aromatic nitrogens is 3. The molecule has 1 unspecified atom stereocenters. The molecule has 2 aromatic carbocycles. The van der Waals surface area contributed by atoms with Crippen molar-refractivity contribution in [3.63, 3.8) is 0 Å². The first-order chi connectivity index (χ1) is 17.9. The van der Waals surface area contributed by atoms with Crippen molar-refractivity contribution in [3.8, 4) is 17.3 Å². The minimum atomic E-state index is -3.48. The summed E-state index contributed by atoms with van der Waals surface area (Å²) < 4.78 is 40.2. The highest BCUT2D eigenvalue weighted by Gasteiger charge is 2.22. The summed E-state index contributed by atoms with van der Waals surface area (Å²) in [7, 11) is -3.48. The standard InChI is InChI=1S/C26H31N5O5S.ClH/c1-19(10-12-30-13-16-35-17-14-30)37(33,34)27-11-15-36-26-28-23-8-4-2-7-21(23)25(29-26)22-18-31(32)24-9-5-3-6-20(22)24;/h2-9,18-19,27,32H,10-17H2,1H3;1H. The fourth-order valence-corrected chi connectivity index (χ4v) is 5.56. The van der Waals surface area contributed by atoms with Crippen LogP contribution in [0, 0.1) is 0 Å². The number of hydrogen-bond acceptors (Lipinski definition) is 8. The van der Waals surface area contributed by atoms with Crippen LogP contribution >= 0.6 is 12.4 Å². The van der Waals surface area contributed by atoms with E-state index >= 15 is 0 Å². The number of nitrogens with one attached hydrogen (secondary N) is 1. The highest BCUT2D eigenvalue weighted by atomic mass is 35.5. The lowest BCUT2D eigenvalue weighted by Gasteiger charge is -2.27. The Bertz CT molecular complexity index is 1490. The van der Waals surface area contributed by atoms with Gasteiger partial charge in [0.05, 0.1) is 41.4 Å². The van der Waals surface area contributed by atoms with Crippen molar-refractivity contribution in [2.24, 2.45) is 0 Å². The Kier molecular flexibility index (Phi) is 9.06. The third kappa shape index (κ3) is 6.19. The van der Waals surface area contributed by atoms with Gasteiger partial charge in [-0.2, -0.15) is 14.7 Å². The van der Waals surface area contributed by atoms with Gasteiger partial charge in [0.1, 0.15) is 6.61 Å². The summed E-state index contributed by atoms with van der Waals surface area (Å²) in [6.45, 7) is 5.68. The normalized spacial score (nSPS) is 15.4. The molecular weight excluding hydrogens is 530 g/mol. The first-order valence-corrected chi connectivity index (χ1v) is 13.9. The highest BCUT2D eigenvalue weighted by molar-refractivity contribution is 7.90. The number of sulfonamides is 1. The zero-order valence-corrected chi connectivity index (χ0v) is 22.7. The van der Waals surface area contributed by atoms with Crippen LogP contribution in [0.1, 0.15) is 13.3 Å². The molecule has 0 amide bonds. The first-order valence-electron chi connectivity index (χ1n) is 12.4. The van der Waals surface area contributed by atoms with Crippen LogP contribution < -0.4 is 9.46 Å². The van der Waals surface area contributed by atoms with Crippen LogP contribution in [0.5, 0.6) is 6.01 Å². The second kappa shape index (κ2) is 12.3. The monoisotopic (exact) mass is 561 g/mol. The van der Waals surface area contributed by atoms with Gasteiger partial charge in [0.25, 0.3) is 0 Å². The molecule has 0 aliphatic carbocycles. The van der Waals surface area contributed by atoms with E-state index < -0.39 is 15.3 Å². The van der Waals surface area contributed by atoms with E-state index in [2.05, 4.69) is 19.6 Å². The Morgan fingerprint density at radius 1 is 1.08 bits per heavy atom. The summed E-state index contributed by atoms with van der Waals surface area (Å²) in [5.74, 6) is 0. The van der Waals surface area contributed by atoms with Gasteiger partial charge in [0.15, 0.2) is 0 Å². The van der Waals surface area contributed by atoms with Crippen molar-refractivity contribution in [2.75, 3.05) is 46.0 Å². The summed E-state index contributed by atoms with van der Waals surface area (Å²) in [5, 5.41) is 11.5. The lowest BCUT2D eigenvalue weighted by molar-refractivity contribution is 0.0374. The van der Waals surface area contributed by atoms with Crippen LogP contribution in [-0.4, -0.2) is 84.5 Å². The summed E-state index contributed by atoms with van der Waals surface area (Å²) in [5.41, 5.74) is 2.73. The molecule has 1 atom stereocenters. The molecule has 12 heteroatoms. The maximum atomic E-state index is 12.7. The van der Waals surface area contributed by atoms with E-state index in [4.69, 9.17) is 9.47 Å². The molecule has 2 N–H and O–H groups in total. The molecule has 5 rings (SSSR count).